The smallest absolute Gasteiger partial charge is 0.328 e. The van der Waals surface area contributed by atoms with E-state index in [4.69, 9.17) is 9.84 Å². The fraction of sp³-hybridized carbons (Fsp3) is 0.650. The highest BCUT2D eigenvalue weighted by molar-refractivity contribution is 5.80. The second-order valence-corrected chi connectivity index (χ2v) is 6.22. The number of rotatable bonds is 14. The summed E-state index contributed by atoms with van der Waals surface area (Å²) < 4.78 is 5.60. The third-order valence-corrected chi connectivity index (χ3v) is 4.09. The largest absolute Gasteiger partial charge is 0.478 e. The van der Waals surface area contributed by atoms with E-state index in [1.54, 1.807) is 6.08 Å². The first-order valence-corrected chi connectivity index (χ1v) is 9.14. The van der Waals surface area contributed by atoms with Gasteiger partial charge in [-0.1, -0.05) is 95.1 Å². The molecule has 3 heteroatoms. The number of epoxide rings is 1. The standard InChI is InChI=1S/C20H32O3/c1-2-3-4-5-6-7-8-9-12-15-18-19(23-18)16-13-10-11-14-17-20(21)22/h10-11,13-14,16-19H,2-9,12,15H2,1H3,(H,21,22)/b11-10+,16-13?,17-14-. The van der Waals surface area contributed by atoms with Crippen LogP contribution in [0.3, 0.4) is 0 Å². The summed E-state index contributed by atoms with van der Waals surface area (Å²) in [6, 6.07) is 0. The van der Waals surface area contributed by atoms with Crippen LogP contribution in [-0.2, 0) is 9.53 Å². The van der Waals surface area contributed by atoms with Crippen molar-refractivity contribution in [1.29, 1.82) is 0 Å². The van der Waals surface area contributed by atoms with Crippen molar-refractivity contribution in [3.05, 3.63) is 36.5 Å². The van der Waals surface area contributed by atoms with E-state index < -0.39 is 5.97 Å². The van der Waals surface area contributed by atoms with Crippen molar-refractivity contribution in [3.63, 3.8) is 0 Å². The van der Waals surface area contributed by atoms with Crippen molar-refractivity contribution in [2.45, 2.75) is 83.3 Å². The average molecular weight is 320 g/mol. The van der Waals surface area contributed by atoms with Gasteiger partial charge in [0.1, 0.15) is 6.10 Å². The maximum absolute atomic E-state index is 10.3. The number of hydrogen-bond donors (Lipinski definition) is 1. The number of carbonyl (C=O) groups is 1. The number of unbranched alkanes of at least 4 members (excludes halogenated alkanes) is 8. The fourth-order valence-corrected chi connectivity index (χ4v) is 2.65. The molecule has 0 spiro atoms. The number of hydrogen-bond acceptors (Lipinski definition) is 2. The van der Waals surface area contributed by atoms with E-state index in [2.05, 4.69) is 6.92 Å². The summed E-state index contributed by atoms with van der Waals surface area (Å²) in [5, 5.41) is 8.43. The number of carboxylic acids is 1. The molecule has 0 bridgehead atoms. The van der Waals surface area contributed by atoms with Crippen LogP contribution in [0.2, 0.25) is 0 Å². The minimum absolute atomic E-state index is 0.261. The molecule has 1 saturated heterocycles. The van der Waals surface area contributed by atoms with Gasteiger partial charge >= 0.3 is 5.97 Å². The molecule has 1 fully saturated rings. The van der Waals surface area contributed by atoms with Crippen molar-refractivity contribution < 1.29 is 14.6 Å². The molecule has 0 amide bonds. The zero-order chi connectivity index (χ0) is 16.8. The Morgan fingerprint density at radius 2 is 1.52 bits per heavy atom. The lowest BCUT2D eigenvalue weighted by atomic mass is 10.1. The monoisotopic (exact) mass is 320 g/mol. The highest BCUT2D eigenvalue weighted by Gasteiger charge is 2.35. The third-order valence-electron chi connectivity index (χ3n) is 4.09. The summed E-state index contributed by atoms with van der Waals surface area (Å²) in [4.78, 5) is 10.3. The van der Waals surface area contributed by atoms with Crippen LogP contribution in [0.4, 0.5) is 0 Å². The molecule has 1 aliphatic heterocycles. The minimum atomic E-state index is -0.926. The fourth-order valence-electron chi connectivity index (χ4n) is 2.65. The first kappa shape index (κ1) is 19.7. The van der Waals surface area contributed by atoms with Gasteiger partial charge in [0, 0.05) is 6.08 Å². The Morgan fingerprint density at radius 1 is 0.913 bits per heavy atom. The van der Waals surface area contributed by atoms with Crippen LogP contribution in [0.5, 0.6) is 0 Å². The molecule has 1 N–H and O–H groups in total. The van der Waals surface area contributed by atoms with E-state index >= 15 is 0 Å². The van der Waals surface area contributed by atoms with Crippen molar-refractivity contribution in [2.75, 3.05) is 0 Å². The molecular weight excluding hydrogens is 288 g/mol. The average Bonchev–Trinajstić information content (AvgIpc) is 3.27. The normalized spacial score (nSPS) is 20.9. The molecule has 0 saturated carbocycles. The van der Waals surface area contributed by atoms with E-state index in [-0.39, 0.29) is 6.10 Å². The molecule has 1 rings (SSSR count). The van der Waals surface area contributed by atoms with E-state index in [0.29, 0.717) is 6.10 Å². The van der Waals surface area contributed by atoms with Crippen LogP contribution < -0.4 is 0 Å². The molecular formula is C20H32O3. The first-order valence-electron chi connectivity index (χ1n) is 9.14. The van der Waals surface area contributed by atoms with E-state index in [9.17, 15) is 4.79 Å². The zero-order valence-electron chi connectivity index (χ0n) is 14.5. The topological polar surface area (TPSA) is 49.8 Å². The van der Waals surface area contributed by atoms with Crippen molar-refractivity contribution >= 4 is 5.97 Å². The van der Waals surface area contributed by atoms with Gasteiger partial charge in [0.2, 0.25) is 0 Å². The molecule has 2 atom stereocenters. The molecule has 0 aromatic carbocycles. The predicted octanol–water partition coefficient (Wildman–Crippen LogP) is 5.43. The van der Waals surface area contributed by atoms with Crippen LogP contribution in [0.1, 0.15) is 71.1 Å². The van der Waals surface area contributed by atoms with Gasteiger partial charge in [-0.25, -0.2) is 4.79 Å². The highest BCUT2D eigenvalue weighted by atomic mass is 16.6. The van der Waals surface area contributed by atoms with Crippen molar-refractivity contribution in [3.8, 4) is 0 Å². The van der Waals surface area contributed by atoms with Gasteiger partial charge < -0.3 is 9.84 Å². The van der Waals surface area contributed by atoms with E-state index in [1.807, 2.05) is 18.2 Å². The van der Waals surface area contributed by atoms with Crippen LogP contribution >= 0.6 is 0 Å². The van der Waals surface area contributed by atoms with Crippen molar-refractivity contribution in [1.82, 2.24) is 0 Å². The Balaban J connectivity index is 1.90. The molecule has 3 nitrogen and oxygen atoms in total. The second kappa shape index (κ2) is 13.1. The van der Waals surface area contributed by atoms with Gasteiger partial charge in [-0.3, -0.25) is 0 Å². The summed E-state index contributed by atoms with van der Waals surface area (Å²) in [6.45, 7) is 2.26. The zero-order valence-corrected chi connectivity index (χ0v) is 14.5. The number of carboxylic acid groups (broad SMARTS) is 1. The Bertz CT molecular complexity index is 396. The molecule has 0 aliphatic carbocycles. The van der Waals surface area contributed by atoms with Gasteiger partial charge in [0.25, 0.3) is 0 Å². The maximum atomic E-state index is 10.3. The highest BCUT2D eigenvalue weighted by Crippen LogP contribution is 2.28. The molecule has 130 valence electrons. The van der Waals surface area contributed by atoms with E-state index in [0.717, 1.165) is 12.5 Å². The van der Waals surface area contributed by atoms with Crippen LogP contribution in [0.25, 0.3) is 0 Å². The van der Waals surface area contributed by atoms with Gasteiger partial charge in [-0.05, 0) is 6.42 Å². The molecule has 0 aromatic heterocycles. The van der Waals surface area contributed by atoms with Crippen molar-refractivity contribution in [2.24, 2.45) is 0 Å². The number of aliphatic carboxylic acids is 1. The SMILES string of the molecule is CCCCCCCCCCCC1OC1C=C/C=C/C=C\C(=O)O. The molecule has 1 heterocycles. The Kier molecular flexibility index (Phi) is 11.2. The van der Waals surface area contributed by atoms with E-state index in [1.165, 1.54) is 63.9 Å². The Hall–Kier alpha value is -1.35. The van der Waals surface area contributed by atoms with Crippen LogP contribution in [-0.4, -0.2) is 23.3 Å². The van der Waals surface area contributed by atoms with Crippen LogP contribution in [0, 0.1) is 0 Å². The quantitative estimate of drug-likeness (QED) is 0.201. The summed E-state index contributed by atoms with van der Waals surface area (Å²) in [5.74, 6) is -0.926. The molecule has 0 aromatic rings. The molecule has 0 radical (unpaired) electrons. The summed E-state index contributed by atoms with van der Waals surface area (Å²) in [7, 11) is 0. The summed E-state index contributed by atoms with van der Waals surface area (Å²) >= 11 is 0. The molecule has 1 aliphatic rings. The van der Waals surface area contributed by atoms with Gasteiger partial charge in [0.05, 0.1) is 6.10 Å². The first-order chi connectivity index (χ1) is 11.2. The molecule has 2 unspecified atom stereocenters. The van der Waals surface area contributed by atoms with Gasteiger partial charge in [-0.2, -0.15) is 0 Å². The maximum Gasteiger partial charge on any atom is 0.328 e. The molecule has 23 heavy (non-hydrogen) atoms. The van der Waals surface area contributed by atoms with Gasteiger partial charge in [-0.15, -0.1) is 0 Å². The Morgan fingerprint density at radius 3 is 2.17 bits per heavy atom. The summed E-state index contributed by atoms with van der Waals surface area (Å²) in [5.41, 5.74) is 0. The lowest BCUT2D eigenvalue weighted by Gasteiger charge is -2.00. The van der Waals surface area contributed by atoms with Gasteiger partial charge in [0.15, 0.2) is 0 Å². The summed E-state index contributed by atoms with van der Waals surface area (Å²) in [6.07, 6.45) is 24.2. The number of allylic oxidation sites excluding steroid dienone is 4. The predicted molar refractivity (Wildman–Crippen MR) is 95.6 cm³/mol. The lowest BCUT2D eigenvalue weighted by Crippen LogP contribution is -1.91. The second-order valence-electron chi connectivity index (χ2n) is 6.22. The lowest BCUT2D eigenvalue weighted by molar-refractivity contribution is -0.131. The minimum Gasteiger partial charge on any atom is -0.478 e. The number of ether oxygens (including phenoxy) is 1. The Labute approximate surface area is 141 Å². The van der Waals surface area contributed by atoms with Crippen LogP contribution in [0.15, 0.2) is 36.5 Å². The third kappa shape index (κ3) is 11.8.